The highest BCUT2D eigenvalue weighted by atomic mass is 14.9. The Morgan fingerprint density at radius 1 is 0.516 bits per heavy atom. The molecule has 0 saturated carbocycles. The van der Waals surface area contributed by atoms with E-state index < -0.39 is 0 Å². The minimum atomic E-state index is 0.974. The summed E-state index contributed by atoms with van der Waals surface area (Å²) < 4.78 is 2.36. The first-order valence-electron chi connectivity index (χ1n) is 13.4. The Balaban J connectivity index is 1.69. The number of rotatable bonds is 17. The predicted octanol–water partition coefficient (Wildman–Crippen LogP) is 8.39. The molecule has 0 saturated heterocycles. The second kappa shape index (κ2) is 16.1. The van der Waals surface area contributed by atoms with Gasteiger partial charge in [0.25, 0.3) is 0 Å². The van der Waals surface area contributed by atoms with Gasteiger partial charge in [-0.1, -0.05) is 116 Å². The summed E-state index contributed by atoms with van der Waals surface area (Å²) in [7, 11) is 0. The Hall–Kier alpha value is -1.63. The van der Waals surface area contributed by atoms with E-state index in [0.717, 1.165) is 6.54 Å². The van der Waals surface area contributed by atoms with Crippen molar-refractivity contribution in [2.75, 3.05) is 0 Å². The number of hydrogen-bond donors (Lipinski definition) is 0. The third-order valence-electron chi connectivity index (χ3n) is 6.45. The maximum atomic E-state index is 2.38. The zero-order chi connectivity index (χ0) is 22.2. The second-order valence-corrected chi connectivity index (χ2v) is 9.42. The van der Waals surface area contributed by atoms with E-state index in [1.54, 1.807) is 0 Å². The first-order chi connectivity index (χ1) is 15.3. The predicted molar refractivity (Wildman–Crippen MR) is 136 cm³/mol. The summed E-state index contributed by atoms with van der Waals surface area (Å²) in [4.78, 5) is 0. The maximum Gasteiger partial charge on any atom is 0.173 e. The van der Waals surface area contributed by atoms with E-state index in [-0.39, 0.29) is 0 Å². The van der Waals surface area contributed by atoms with E-state index in [1.165, 1.54) is 119 Å². The first-order valence-corrected chi connectivity index (χ1v) is 13.4. The normalized spacial score (nSPS) is 11.2. The lowest BCUT2D eigenvalue weighted by Gasteiger charge is -2.07. The van der Waals surface area contributed by atoms with Crippen molar-refractivity contribution < 1.29 is 4.57 Å². The Labute approximate surface area is 193 Å². The van der Waals surface area contributed by atoms with Gasteiger partial charge in [-0.2, -0.15) is 0 Å². The number of pyridine rings is 1. The maximum absolute atomic E-state index is 2.38. The van der Waals surface area contributed by atoms with E-state index in [4.69, 9.17) is 0 Å². The van der Waals surface area contributed by atoms with Crippen LogP contribution < -0.4 is 4.57 Å². The number of unbranched alkanes of at least 4 members (excludes halogenated alkanes) is 9. The zero-order valence-electron chi connectivity index (χ0n) is 20.8. The van der Waals surface area contributed by atoms with Gasteiger partial charge in [0.1, 0.15) is 0 Å². The number of benzene rings is 1. The molecule has 1 aromatic carbocycles. The van der Waals surface area contributed by atoms with E-state index in [2.05, 4.69) is 68.1 Å². The van der Waals surface area contributed by atoms with Crippen molar-refractivity contribution in [1.29, 1.82) is 0 Å². The average molecular weight is 423 g/mol. The van der Waals surface area contributed by atoms with E-state index >= 15 is 0 Å². The smallest absolute Gasteiger partial charge is 0.173 e. The molecule has 0 spiro atoms. The third-order valence-corrected chi connectivity index (χ3v) is 6.45. The van der Waals surface area contributed by atoms with Crippen LogP contribution in [0.25, 0.3) is 0 Å². The standard InChI is InChI=1S/C30H48N/c1-4-7-8-9-10-11-12-13-14-15-18-27-19-21-28(22-20-27)25-31-24-23-29(16-5-2)30(26-31)17-6-3/h19-24,26H,4-18,25H2,1-3H3/q+1. The SMILES string of the molecule is CCCCCCCCCCCCc1ccc(C[n+]2ccc(CCC)c(CCC)c2)cc1. The van der Waals surface area contributed by atoms with Crippen LogP contribution in [0, 0.1) is 0 Å². The van der Waals surface area contributed by atoms with E-state index in [1.807, 2.05) is 0 Å². The zero-order valence-corrected chi connectivity index (χ0v) is 20.8. The largest absolute Gasteiger partial charge is 0.200 e. The fourth-order valence-electron chi connectivity index (χ4n) is 4.56. The molecule has 0 fully saturated rings. The van der Waals surface area contributed by atoms with Gasteiger partial charge in [-0.15, -0.1) is 0 Å². The second-order valence-electron chi connectivity index (χ2n) is 9.42. The molecule has 0 radical (unpaired) electrons. The highest BCUT2D eigenvalue weighted by Gasteiger charge is 2.09. The molecule has 0 aliphatic heterocycles. The van der Waals surface area contributed by atoms with Crippen LogP contribution in [0.4, 0.5) is 0 Å². The van der Waals surface area contributed by atoms with Crippen molar-refractivity contribution in [3.8, 4) is 0 Å². The van der Waals surface area contributed by atoms with Crippen molar-refractivity contribution in [3.05, 3.63) is 65.0 Å². The molecule has 2 aromatic rings. The summed E-state index contributed by atoms with van der Waals surface area (Å²) in [6, 6.07) is 11.7. The lowest BCUT2D eigenvalue weighted by molar-refractivity contribution is -0.688. The fraction of sp³-hybridized carbons (Fsp3) is 0.633. The van der Waals surface area contributed by atoms with Gasteiger partial charge in [-0.05, 0) is 36.8 Å². The first kappa shape index (κ1) is 25.6. The number of hydrogen-bond acceptors (Lipinski definition) is 0. The van der Waals surface area contributed by atoms with Crippen molar-refractivity contribution >= 4 is 0 Å². The molecule has 1 nitrogen and oxygen atoms in total. The lowest BCUT2D eigenvalue weighted by Crippen LogP contribution is -2.34. The highest BCUT2D eigenvalue weighted by Crippen LogP contribution is 2.14. The molecule has 1 aromatic heterocycles. The third kappa shape index (κ3) is 10.5. The van der Waals surface area contributed by atoms with Gasteiger partial charge >= 0.3 is 0 Å². The topological polar surface area (TPSA) is 3.88 Å². The van der Waals surface area contributed by atoms with Crippen molar-refractivity contribution in [2.24, 2.45) is 0 Å². The molecular weight excluding hydrogens is 374 g/mol. The van der Waals surface area contributed by atoms with Gasteiger partial charge in [0.05, 0.1) is 0 Å². The Bertz CT molecular complexity index is 701. The fourth-order valence-corrected chi connectivity index (χ4v) is 4.56. The minimum absolute atomic E-state index is 0.974. The Morgan fingerprint density at radius 2 is 1.06 bits per heavy atom. The molecule has 0 aliphatic rings. The molecule has 172 valence electrons. The van der Waals surface area contributed by atoms with Gasteiger partial charge in [0, 0.05) is 17.2 Å². The summed E-state index contributed by atoms with van der Waals surface area (Å²) in [6.07, 6.45) is 24.8. The average Bonchev–Trinajstić information content (AvgIpc) is 2.78. The summed E-state index contributed by atoms with van der Waals surface area (Å²) >= 11 is 0. The molecule has 1 heterocycles. The molecule has 0 unspecified atom stereocenters. The monoisotopic (exact) mass is 422 g/mol. The molecule has 31 heavy (non-hydrogen) atoms. The van der Waals surface area contributed by atoms with Gasteiger partial charge in [0.15, 0.2) is 18.9 Å². The summed E-state index contributed by atoms with van der Waals surface area (Å²) in [5.41, 5.74) is 5.97. The number of nitrogens with zero attached hydrogens (tertiary/aromatic N) is 1. The van der Waals surface area contributed by atoms with Crippen LogP contribution in [0.2, 0.25) is 0 Å². The molecule has 0 aliphatic carbocycles. The van der Waals surface area contributed by atoms with Crippen LogP contribution >= 0.6 is 0 Å². The van der Waals surface area contributed by atoms with Gasteiger partial charge in [-0.25, -0.2) is 4.57 Å². The van der Waals surface area contributed by atoms with Crippen molar-refractivity contribution in [3.63, 3.8) is 0 Å². The van der Waals surface area contributed by atoms with E-state index in [9.17, 15) is 0 Å². The van der Waals surface area contributed by atoms with Gasteiger partial charge in [-0.3, -0.25) is 0 Å². The van der Waals surface area contributed by atoms with E-state index in [0.29, 0.717) is 0 Å². The van der Waals surface area contributed by atoms with Gasteiger partial charge < -0.3 is 0 Å². The van der Waals surface area contributed by atoms with Gasteiger partial charge in [0.2, 0.25) is 0 Å². The van der Waals surface area contributed by atoms with Crippen LogP contribution in [0.3, 0.4) is 0 Å². The molecule has 1 heteroatoms. The van der Waals surface area contributed by atoms with Crippen LogP contribution in [-0.2, 0) is 25.8 Å². The minimum Gasteiger partial charge on any atom is -0.200 e. The molecule has 0 atom stereocenters. The lowest BCUT2D eigenvalue weighted by atomic mass is 10.0. The quantitative estimate of drug-likeness (QED) is 0.178. The van der Waals surface area contributed by atoms with Crippen LogP contribution in [-0.4, -0.2) is 0 Å². The van der Waals surface area contributed by atoms with Crippen LogP contribution in [0.1, 0.15) is 120 Å². The Kier molecular flexibility index (Phi) is 13.3. The highest BCUT2D eigenvalue weighted by molar-refractivity contribution is 5.23. The van der Waals surface area contributed by atoms with Crippen molar-refractivity contribution in [1.82, 2.24) is 0 Å². The molecule has 0 bridgehead atoms. The summed E-state index contributed by atoms with van der Waals surface area (Å²) in [6.45, 7) is 7.82. The molecule has 0 N–H and O–H groups in total. The summed E-state index contributed by atoms with van der Waals surface area (Å²) in [5, 5.41) is 0. The summed E-state index contributed by atoms with van der Waals surface area (Å²) in [5.74, 6) is 0. The number of aryl methyl sites for hydroxylation is 3. The number of aromatic nitrogens is 1. The molecule has 2 rings (SSSR count). The Morgan fingerprint density at radius 3 is 1.68 bits per heavy atom. The molecular formula is C30H48N+. The molecule has 0 amide bonds. The van der Waals surface area contributed by atoms with Crippen molar-refractivity contribution in [2.45, 2.75) is 124 Å². The van der Waals surface area contributed by atoms with Crippen LogP contribution in [0.15, 0.2) is 42.7 Å². The van der Waals surface area contributed by atoms with Crippen LogP contribution in [0.5, 0.6) is 0 Å².